The highest BCUT2D eigenvalue weighted by molar-refractivity contribution is 8.77. The zero-order chi connectivity index (χ0) is 15.1. The Kier molecular flexibility index (Phi) is 6.57. The van der Waals surface area contributed by atoms with Gasteiger partial charge in [-0.3, -0.25) is 0 Å². The van der Waals surface area contributed by atoms with Crippen LogP contribution in [0.1, 0.15) is 42.5 Å². The molecule has 4 nitrogen and oxygen atoms in total. The van der Waals surface area contributed by atoms with E-state index in [1.165, 1.54) is 43.6 Å². The van der Waals surface area contributed by atoms with Crippen molar-refractivity contribution >= 4 is 33.2 Å². The summed E-state index contributed by atoms with van der Waals surface area (Å²) in [6, 6.07) is 4.60. The highest BCUT2D eigenvalue weighted by atomic mass is 33.1. The van der Waals surface area contributed by atoms with Crippen LogP contribution in [0.4, 0.5) is 5.69 Å². The average molecular weight is 327 g/mol. The predicted molar refractivity (Wildman–Crippen MR) is 90.5 cm³/mol. The number of rotatable bonds is 8. The van der Waals surface area contributed by atoms with Crippen molar-refractivity contribution in [2.45, 2.75) is 37.4 Å². The fraction of sp³-hybridized carbons (Fsp3) is 0.533. The SMILES string of the molecule is O=C(O)c1cc(NCCCCC[C@H]2CCSS2)ccc1O. The van der Waals surface area contributed by atoms with Gasteiger partial charge < -0.3 is 15.5 Å². The summed E-state index contributed by atoms with van der Waals surface area (Å²) in [5, 5.41) is 22.4. The maximum absolute atomic E-state index is 10.9. The number of carboxylic acids is 1. The zero-order valence-electron chi connectivity index (χ0n) is 11.9. The van der Waals surface area contributed by atoms with Gasteiger partial charge in [-0.25, -0.2) is 4.79 Å². The third kappa shape index (κ3) is 5.36. The molecular formula is C15H21NO3S2. The number of aromatic carboxylic acids is 1. The number of benzene rings is 1. The highest BCUT2D eigenvalue weighted by Gasteiger charge is 2.15. The Morgan fingerprint density at radius 3 is 2.90 bits per heavy atom. The van der Waals surface area contributed by atoms with Crippen LogP contribution in [0.5, 0.6) is 5.75 Å². The van der Waals surface area contributed by atoms with E-state index >= 15 is 0 Å². The molecule has 3 N–H and O–H groups in total. The fourth-order valence-corrected chi connectivity index (χ4v) is 5.32. The monoisotopic (exact) mass is 327 g/mol. The molecule has 6 heteroatoms. The van der Waals surface area contributed by atoms with E-state index in [1.807, 2.05) is 21.6 Å². The summed E-state index contributed by atoms with van der Waals surface area (Å²) in [6.07, 6.45) is 6.18. The topological polar surface area (TPSA) is 69.6 Å². The molecule has 1 saturated heterocycles. The van der Waals surface area contributed by atoms with Crippen molar-refractivity contribution in [3.05, 3.63) is 23.8 Å². The van der Waals surface area contributed by atoms with Crippen LogP contribution in [0.2, 0.25) is 0 Å². The fourth-order valence-electron chi connectivity index (χ4n) is 2.29. The molecule has 0 aromatic heterocycles. The summed E-state index contributed by atoms with van der Waals surface area (Å²) >= 11 is 0. The number of aromatic hydroxyl groups is 1. The Hall–Kier alpha value is -1.01. The molecule has 1 heterocycles. The molecule has 1 aliphatic heterocycles. The quantitative estimate of drug-likeness (QED) is 0.377. The average Bonchev–Trinajstić information content (AvgIpc) is 2.97. The molecule has 1 aromatic carbocycles. The van der Waals surface area contributed by atoms with Gasteiger partial charge in [-0.05, 0) is 37.5 Å². The molecule has 0 spiro atoms. The standard InChI is InChI=1S/C15H21NO3S2/c17-14-6-5-11(10-13(14)15(18)19)16-8-3-1-2-4-12-7-9-20-21-12/h5-6,10,12,16-17H,1-4,7-9H2,(H,18,19)/t12-/m0/s1. The molecule has 21 heavy (non-hydrogen) atoms. The summed E-state index contributed by atoms with van der Waals surface area (Å²) in [7, 11) is 4.02. The minimum atomic E-state index is -1.11. The minimum absolute atomic E-state index is 0.0595. The van der Waals surface area contributed by atoms with E-state index in [0.717, 1.165) is 23.9 Å². The summed E-state index contributed by atoms with van der Waals surface area (Å²) in [6.45, 7) is 0.830. The normalized spacial score (nSPS) is 17.8. The van der Waals surface area contributed by atoms with E-state index < -0.39 is 5.97 Å². The maximum Gasteiger partial charge on any atom is 0.339 e. The Bertz CT molecular complexity index is 476. The lowest BCUT2D eigenvalue weighted by atomic mass is 10.1. The van der Waals surface area contributed by atoms with Gasteiger partial charge in [0.25, 0.3) is 0 Å². The number of hydrogen-bond acceptors (Lipinski definition) is 5. The van der Waals surface area contributed by atoms with E-state index in [1.54, 1.807) is 6.07 Å². The van der Waals surface area contributed by atoms with Gasteiger partial charge >= 0.3 is 5.97 Å². The number of carbonyl (C=O) groups is 1. The van der Waals surface area contributed by atoms with Gasteiger partial charge in [0, 0.05) is 23.2 Å². The van der Waals surface area contributed by atoms with Gasteiger partial charge in [-0.2, -0.15) is 0 Å². The molecule has 0 bridgehead atoms. The highest BCUT2D eigenvalue weighted by Crippen LogP contribution is 2.39. The Morgan fingerprint density at radius 2 is 2.19 bits per heavy atom. The predicted octanol–water partition coefficient (Wildman–Crippen LogP) is 4.22. The largest absolute Gasteiger partial charge is 0.507 e. The van der Waals surface area contributed by atoms with Gasteiger partial charge in [0.2, 0.25) is 0 Å². The Labute approximate surface area is 133 Å². The molecule has 2 rings (SSSR count). The minimum Gasteiger partial charge on any atom is -0.507 e. The second-order valence-electron chi connectivity index (χ2n) is 5.14. The second kappa shape index (κ2) is 8.44. The van der Waals surface area contributed by atoms with Gasteiger partial charge in [-0.1, -0.05) is 34.4 Å². The molecule has 0 saturated carbocycles. The Morgan fingerprint density at radius 1 is 1.33 bits per heavy atom. The van der Waals surface area contributed by atoms with E-state index in [-0.39, 0.29) is 11.3 Å². The first-order valence-electron chi connectivity index (χ1n) is 7.25. The first kappa shape index (κ1) is 16.4. The number of unbranched alkanes of at least 4 members (excludes halogenated alkanes) is 2. The van der Waals surface area contributed by atoms with Crippen molar-refractivity contribution in [2.75, 3.05) is 17.6 Å². The molecule has 0 unspecified atom stereocenters. The molecule has 0 radical (unpaired) electrons. The van der Waals surface area contributed by atoms with Crippen LogP contribution in [0.15, 0.2) is 18.2 Å². The first-order valence-corrected chi connectivity index (χ1v) is 9.63. The van der Waals surface area contributed by atoms with Crippen molar-refractivity contribution in [3.63, 3.8) is 0 Å². The van der Waals surface area contributed by atoms with Gasteiger partial charge in [0.1, 0.15) is 11.3 Å². The van der Waals surface area contributed by atoms with Crippen LogP contribution in [-0.4, -0.2) is 33.7 Å². The summed E-state index contributed by atoms with van der Waals surface area (Å²) in [5.74, 6) is -0.00743. The number of carboxylic acid groups (broad SMARTS) is 1. The number of phenols is 1. The van der Waals surface area contributed by atoms with Gasteiger partial charge in [0.15, 0.2) is 0 Å². The molecule has 1 aromatic rings. The maximum atomic E-state index is 10.9. The summed E-state index contributed by atoms with van der Waals surface area (Å²) < 4.78 is 0. The van der Waals surface area contributed by atoms with Gasteiger partial charge in [-0.15, -0.1) is 0 Å². The number of nitrogens with one attached hydrogen (secondary N) is 1. The van der Waals surface area contributed by atoms with Crippen molar-refractivity contribution in [1.82, 2.24) is 0 Å². The molecule has 0 amide bonds. The molecular weight excluding hydrogens is 306 g/mol. The van der Waals surface area contributed by atoms with Crippen molar-refractivity contribution in [3.8, 4) is 5.75 Å². The second-order valence-corrected chi connectivity index (χ2v) is 7.93. The van der Waals surface area contributed by atoms with E-state index in [0.29, 0.717) is 0 Å². The lowest BCUT2D eigenvalue weighted by Crippen LogP contribution is -2.04. The summed E-state index contributed by atoms with van der Waals surface area (Å²) in [4.78, 5) is 10.9. The van der Waals surface area contributed by atoms with Gasteiger partial charge in [0.05, 0.1) is 0 Å². The van der Waals surface area contributed by atoms with Crippen LogP contribution in [0.25, 0.3) is 0 Å². The van der Waals surface area contributed by atoms with Crippen LogP contribution in [0, 0.1) is 0 Å². The summed E-state index contributed by atoms with van der Waals surface area (Å²) in [5.41, 5.74) is 0.684. The van der Waals surface area contributed by atoms with Crippen LogP contribution >= 0.6 is 21.6 Å². The third-order valence-electron chi connectivity index (χ3n) is 3.49. The Balaban J connectivity index is 1.64. The molecule has 1 atom stereocenters. The smallest absolute Gasteiger partial charge is 0.339 e. The first-order chi connectivity index (χ1) is 10.2. The number of hydrogen-bond donors (Lipinski definition) is 3. The molecule has 1 aliphatic rings. The lowest BCUT2D eigenvalue weighted by Gasteiger charge is -2.09. The molecule has 1 fully saturated rings. The molecule has 0 aliphatic carbocycles. The van der Waals surface area contributed by atoms with E-state index in [4.69, 9.17) is 5.11 Å². The van der Waals surface area contributed by atoms with Crippen LogP contribution in [0.3, 0.4) is 0 Å². The van der Waals surface area contributed by atoms with E-state index in [2.05, 4.69) is 5.32 Å². The zero-order valence-corrected chi connectivity index (χ0v) is 13.5. The van der Waals surface area contributed by atoms with Crippen LogP contribution < -0.4 is 5.32 Å². The van der Waals surface area contributed by atoms with Crippen molar-refractivity contribution in [2.24, 2.45) is 0 Å². The molecule has 116 valence electrons. The third-order valence-corrected chi connectivity index (χ3v) is 6.49. The van der Waals surface area contributed by atoms with Crippen molar-refractivity contribution < 1.29 is 15.0 Å². The van der Waals surface area contributed by atoms with Crippen LogP contribution in [-0.2, 0) is 0 Å². The number of anilines is 1. The van der Waals surface area contributed by atoms with E-state index in [9.17, 15) is 9.90 Å². The lowest BCUT2D eigenvalue weighted by molar-refractivity contribution is 0.0694. The van der Waals surface area contributed by atoms with Crippen molar-refractivity contribution in [1.29, 1.82) is 0 Å².